The molecule has 0 aromatic carbocycles. The topological polar surface area (TPSA) is 45.2 Å². The minimum Gasteiger partial charge on any atom is -0.348 e. The number of nitrogens with one attached hydrogen (secondary N) is 1. The zero-order valence-electron chi connectivity index (χ0n) is 11.4. The van der Waals surface area contributed by atoms with Gasteiger partial charge in [-0.05, 0) is 38.8 Å². The highest BCUT2D eigenvalue weighted by molar-refractivity contribution is 6.33. The number of hydrogen-bond acceptors (Lipinski definition) is 3. The summed E-state index contributed by atoms with van der Waals surface area (Å²) in [6.07, 6.45) is 3.55. The number of hydrogen-bond donors (Lipinski definition) is 1. The normalized spacial score (nSPS) is 17.7. The van der Waals surface area contributed by atoms with Crippen LogP contribution in [0.25, 0.3) is 0 Å². The third-order valence-corrected chi connectivity index (χ3v) is 3.87. The SMILES string of the molecule is CC(C)N1CCC(NC(=O)c2ncccc2Cl)CC1. The minimum atomic E-state index is -0.173. The minimum absolute atomic E-state index is 0.173. The van der Waals surface area contributed by atoms with E-state index < -0.39 is 0 Å². The van der Waals surface area contributed by atoms with E-state index in [-0.39, 0.29) is 11.9 Å². The number of piperidine rings is 1. The van der Waals surface area contributed by atoms with Gasteiger partial charge in [0, 0.05) is 31.4 Å². The molecule has 2 rings (SSSR count). The molecule has 1 aromatic rings. The van der Waals surface area contributed by atoms with Crippen molar-refractivity contribution in [2.45, 2.75) is 38.8 Å². The van der Waals surface area contributed by atoms with Crippen LogP contribution in [0.4, 0.5) is 0 Å². The quantitative estimate of drug-likeness (QED) is 0.925. The van der Waals surface area contributed by atoms with Crippen molar-refractivity contribution in [3.8, 4) is 0 Å². The lowest BCUT2D eigenvalue weighted by Gasteiger charge is -2.34. The fraction of sp³-hybridized carbons (Fsp3) is 0.571. The van der Waals surface area contributed by atoms with E-state index in [0.717, 1.165) is 25.9 Å². The number of aromatic nitrogens is 1. The molecular formula is C14H20ClN3O. The molecule has 1 N–H and O–H groups in total. The Balaban J connectivity index is 1.89. The summed E-state index contributed by atoms with van der Waals surface area (Å²) < 4.78 is 0. The maximum atomic E-state index is 12.1. The summed E-state index contributed by atoms with van der Waals surface area (Å²) in [5, 5.41) is 3.43. The van der Waals surface area contributed by atoms with Gasteiger partial charge >= 0.3 is 0 Å². The molecule has 1 saturated heterocycles. The van der Waals surface area contributed by atoms with E-state index in [1.165, 1.54) is 0 Å². The standard InChI is InChI=1S/C14H20ClN3O/c1-10(2)18-8-5-11(6-9-18)17-14(19)13-12(15)4-3-7-16-13/h3-4,7,10-11H,5-6,8-9H2,1-2H3,(H,17,19). The Bertz CT molecular complexity index is 442. The molecule has 0 bridgehead atoms. The van der Waals surface area contributed by atoms with Gasteiger partial charge in [0.1, 0.15) is 5.69 Å². The Morgan fingerprint density at radius 3 is 2.74 bits per heavy atom. The van der Waals surface area contributed by atoms with Crippen molar-refractivity contribution in [1.29, 1.82) is 0 Å². The largest absolute Gasteiger partial charge is 0.348 e. The number of carbonyl (C=O) groups excluding carboxylic acids is 1. The van der Waals surface area contributed by atoms with E-state index in [4.69, 9.17) is 11.6 Å². The Hall–Kier alpha value is -1.13. The van der Waals surface area contributed by atoms with Gasteiger partial charge in [0.05, 0.1) is 5.02 Å². The van der Waals surface area contributed by atoms with Crippen LogP contribution in [-0.2, 0) is 0 Å². The maximum absolute atomic E-state index is 12.1. The van der Waals surface area contributed by atoms with Gasteiger partial charge in [0.2, 0.25) is 0 Å². The molecule has 0 unspecified atom stereocenters. The van der Waals surface area contributed by atoms with Crippen LogP contribution in [-0.4, -0.2) is 41.0 Å². The highest BCUT2D eigenvalue weighted by atomic mass is 35.5. The number of amides is 1. The number of likely N-dealkylation sites (tertiary alicyclic amines) is 1. The summed E-state index contributed by atoms with van der Waals surface area (Å²) in [5.74, 6) is -0.173. The fourth-order valence-corrected chi connectivity index (χ4v) is 2.57. The van der Waals surface area contributed by atoms with E-state index in [0.29, 0.717) is 16.8 Å². The average molecular weight is 282 g/mol. The molecule has 0 atom stereocenters. The summed E-state index contributed by atoms with van der Waals surface area (Å²) >= 11 is 5.97. The second kappa shape index (κ2) is 6.35. The van der Waals surface area contributed by atoms with Crippen LogP contribution >= 0.6 is 11.6 Å². The first-order chi connectivity index (χ1) is 9.08. The van der Waals surface area contributed by atoms with Crippen molar-refractivity contribution in [3.05, 3.63) is 29.0 Å². The molecule has 104 valence electrons. The predicted molar refractivity (Wildman–Crippen MR) is 76.4 cm³/mol. The predicted octanol–water partition coefficient (Wildman–Crippen LogP) is 2.34. The molecule has 1 aliphatic rings. The molecule has 1 amide bonds. The zero-order valence-corrected chi connectivity index (χ0v) is 12.2. The third kappa shape index (κ3) is 3.67. The highest BCUT2D eigenvalue weighted by Gasteiger charge is 2.23. The summed E-state index contributed by atoms with van der Waals surface area (Å²) in [6, 6.07) is 4.20. The molecule has 19 heavy (non-hydrogen) atoms. The van der Waals surface area contributed by atoms with Crippen molar-refractivity contribution < 1.29 is 4.79 Å². The van der Waals surface area contributed by atoms with E-state index >= 15 is 0 Å². The van der Waals surface area contributed by atoms with Gasteiger partial charge in [-0.15, -0.1) is 0 Å². The monoisotopic (exact) mass is 281 g/mol. The summed E-state index contributed by atoms with van der Waals surface area (Å²) in [6.45, 7) is 6.45. The Kier molecular flexibility index (Phi) is 4.77. The van der Waals surface area contributed by atoms with Crippen LogP contribution in [0.5, 0.6) is 0 Å². The first-order valence-electron chi connectivity index (χ1n) is 6.73. The number of carbonyl (C=O) groups is 1. The molecule has 4 nitrogen and oxygen atoms in total. The van der Waals surface area contributed by atoms with Crippen LogP contribution in [0.15, 0.2) is 18.3 Å². The second-order valence-electron chi connectivity index (χ2n) is 5.21. The molecule has 0 spiro atoms. The van der Waals surface area contributed by atoms with Crippen LogP contribution in [0.2, 0.25) is 5.02 Å². The molecule has 2 heterocycles. The van der Waals surface area contributed by atoms with Gasteiger partial charge < -0.3 is 10.2 Å². The fourth-order valence-electron chi connectivity index (χ4n) is 2.37. The number of pyridine rings is 1. The lowest BCUT2D eigenvalue weighted by atomic mass is 10.0. The molecular weight excluding hydrogens is 262 g/mol. The second-order valence-corrected chi connectivity index (χ2v) is 5.62. The van der Waals surface area contributed by atoms with Crippen LogP contribution in [0.1, 0.15) is 37.2 Å². The lowest BCUT2D eigenvalue weighted by Crippen LogP contribution is -2.46. The van der Waals surface area contributed by atoms with E-state index in [1.54, 1.807) is 18.3 Å². The van der Waals surface area contributed by atoms with Gasteiger partial charge in [-0.25, -0.2) is 4.98 Å². The average Bonchev–Trinajstić information content (AvgIpc) is 2.39. The number of halogens is 1. The molecule has 0 saturated carbocycles. The summed E-state index contributed by atoms with van der Waals surface area (Å²) in [5.41, 5.74) is 0.315. The van der Waals surface area contributed by atoms with Crippen molar-refractivity contribution in [2.24, 2.45) is 0 Å². The van der Waals surface area contributed by atoms with Gasteiger partial charge in [-0.2, -0.15) is 0 Å². The van der Waals surface area contributed by atoms with E-state index in [1.807, 2.05) is 0 Å². The molecule has 1 aromatic heterocycles. The van der Waals surface area contributed by atoms with Crippen molar-refractivity contribution >= 4 is 17.5 Å². The highest BCUT2D eigenvalue weighted by Crippen LogP contribution is 2.15. The van der Waals surface area contributed by atoms with Gasteiger partial charge in [-0.1, -0.05) is 11.6 Å². The molecule has 0 aliphatic carbocycles. The Labute approximate surface area is 119 Å². The van der Waals surface area contributed by atoms with E-state index in [9.17, 15) is 4.79 Å². The molecule has 1 aliphatic heterocycles. The van der Waals surface area contributed by atoms with Gasteiger partial charge in [-0.3, -0.25) is 4.79 Å². The number of rotatable bonds is 3. The van der Waals surface area contributed by atoms with Gasteiger partial charge in [0.15, 0.2) is 0 Å². The van der Waals surface area contributed by atoms with Crippen molar-refractivity contribution in [3.63, 3.8) is 0 Å². The van der Waals surface area contributed by atoms with Crippen LogP contribution in [0.3, 0.4) is 0 Å². The smallest absolute Gasteiger partial charge is 0.271 e. The third-order valence-electron chi connectivity index (χ3n) is 3.57. The van der Waals surface area contributed by atoms with Crippen molar-refractivity contribution in [1.82, 2.24) is 15.2 Å². The van der Waals surface area contributed by atoms with Crippen molar-refractivity contribution in [2.75, 3.05) is 13.1 Å². The lowest BCUT2D eigenvalue weighted by molar-refractivity contribution is 0.0896. The van der Waals surface area contributed by atoms with Gasteiger partial charge in [0.25, 0.3) is 5.91 Å². The molecule has 1 fully saturated rings. The first kappa shape index (κ1) is 14.3. The summed E-state index contributed by atoms with van der Waals surface area (Å²) in [4.78, 5) is 18.5. The van der Waals surface area contributed by atoms with Crippen LogP contribution in [0, 0.1) is 0 Å². The molecule has 5 heteroatoms. The van der Waals surface area contributed by atoms with E-state index in [2.05, 4.69) is 29.0 Å². The Morgan fingerprint density at radius 1 is 1.47 bits per heavy atom. The molecule has 0 radical (unpaired) electrons. The van der Waals surface area contributed by atoms with Crippen LogP contribution < -0.4 is 5.32 Å². The zero-order chi connectivity index (χ0) is 13.8. The maximum Gasteiger partial charge on any atom is 0.271 e. The Morgan fingerprint density at radius 2 is 2.16 bits per heavy atom. The first-order valence-corrected chi connectivity index (χ1v) is 7.11. The summed E-state index contributed by atoms with van der Waals surface area (Å²) in [7, 11) is 0. The number of nitrogens with zero attached hydrogens (tertiary/aromatic N) is 2.